The van der Waals surface area contributed by atoms with E-state index >= 15 is 0 Å². The lowest BCUT2D eigenvalue weighted by Gasteiger charge is -2.41. The second-order valence-electron chi connectivity index (χ2n) is 8.59. The molecule has 1 aromatic heterocycles. The van der Waals surface area contributed by atoms with Gasteiger partial charge in [0.1, 0.15) is 5.82 Å². The maximum absolute atomic E-state index is 13.5. The van der Waals surface area contributed by atoms with E-state index in [9.17, 15) is 18.0 Å². The Balaban J connectivity index is 1.51. The Morgan fingerprint density at radius 1 is 1.17 bits per heavy atom. The van der Waals surface area contributed by atoms with Gasteiger partial charge >= 0.3 is 6.18 Å². The van der Waals surface area contributed by atoms with Crippen molar-refractivity contribution in [1.29, 1.82) is 0 Å². The number of hydrogen-bond donors (Lipinski definition) is 0. The number of carbonyl (C=O) groups is 1. The third-order valence-corrected chi connectivity index (χ3v) is 6.93. The summed E-state index contributed by atoms with van der Waals surface area (Å²) in [6.45, 7) is 1.51. The summed E-state index contributed by atoms with van der Waals surface area (Å²) in [5.74, 6) is 0.0680. The molecule has 1 amide bonds. The predicted octanol–water partition coefficient (Wildman–Crippen LogP) is 3.88. The van der Waals surface area contributed by atoms with E-state index < -0.39 is 17.2 Å². The van der Waals surface area contributed by atoms with Crippen LogP contribution < -0.4 is 4.90 Å². The quantitative estimate of drug-likeness (QED) is 0.757. The summed E-state index contributed by atoms with van der Waals surface area (Å²) >= 11 is 0. The van der Waals surface area contributed by atoms with E-state index in [2.05, 4.69) is 4.98 Å². The number of carbonyl (C=O) groups excluding carboxylic acids is 1. The van der Waals surface area contributed by atoms with Crippen LogP contribution in [0.15, 0.2) is 18.3 Å². The minimum Gasteiger partial charge on any atom is -0.381 e. The smallest absolute Gasteiger partial charge is 0.381 e. The highest BCUT2D eigenvalue weighted by molar-refractivity contribution is 5.86. The molecule has 3 fully saturated rings. The Labute approximate surface area is 169 Å². The summed E-state index contributed by atoms with van der Waals surface area (Å²) in [6.07, 6.45) is 3.12. The summed E-state index contributed by atoms with van der Waals surface area (Å²) in [5.41, 5.74) is -1.31. The Hall–Kier alpha value is -1.83. The maximum Gasteiger partial charge on any atom is 0.419 e. The van der Waals surface area contributed by atoms with Gasteiger partial charge in [-0.25, -0.2) is 4.98 Å². The van der Waals surface area contributed by atoms with Crippen LogP contribution in [0.1, 0.15) is 50.5 Å². The summed E-state index contributed by atoms with van der Waals surface area (Å²) in [6, 6.07) is 2.61. The van der Waals surface area contributed by atoms with Crippen molar-refractivity contribution < 1.29 is 22.7 Å². The molecule has 1 spiro atoms. The lowest BCUT2D eigenvalue weighted by Crippen LogP contribution is -2.50. The number of amides is 1. The molecule has 0 bridgehead atoms. The van der Waals surface area contributed by atoms with Gasteiger partial charge in [-0.3, -0.25) is 4.79 Å². The fourth-order valence-electron chi connectivity index (χ4n) is 5.35. The number of alkyl halides is 3. The SMILES string of the molecule is CO[C@H]1CC[C@H](N2CCC3(CCCN(c4ncccc4C(F)(F)F)C3)C2=O)CC1. The third kappa shape index (κ3) is 3.83. The van der Waals surface area contributed by atoms with Gasteiger partial charge < -0.3 is 14.5 Å². The van der Waals surface area contributed by atoms with E-state index in [-0.39, 0.29) is 23.9 Å². The number of likely N-dealkylation sites (tertiary alicyclic amines) is 1. The molecule has 1 aliphatic carbocycles. The highest BCUT2D eigenvalue weighted by Crippen LogP contribution is 2.45. The van der Waals surface area contributed by atoms with E-state index in [1.807, 2.05) is 4.90 Å². The summed E-state index contributed by atoms with van der Waals surface area (Å²) in [4.78, 5) is 21.1. The number of nitrogens with zero attached hydrogens (tertiary/aromatic N) is 3. The first kappa shape index (κ1) is 20.4. The number of methoxy groups -OCH3 is 1. The molecule has 1 atom stereocenters. The number of aromatic nitrogens is 1. The van der Waals surface area contributed by atoms with Crippen LogP contribution in [-0.4, -0.2) is 54.7 Å². The molecule has 3 heterocycles. The molecule has 8 heteroatoms. The first-order valence-electron chi connectivity index (χ1n) is 10.4. The number of anilines is 1. The molecule has 0 N–H and O–H groups in total. The minimum absolute atomic E-state index is 0.0501. The molecule has 1 aromatic rings. The minimum atomic E-state index is -4.46. The zero-order valence-electron chi connectivity index (χ0n) is 16.7. The Bertz CT molecular complexity index is 749. The lowest BCUT2D eigenvalue weighted by molar-refractivity contribution is -0.139. The Morgan fingerprint density at radius 2 is 1.93 bits per heavy atom. The fourth-order valence-corrected chi connectivity index (χ4v) is 5.35. The number of halogens is 3. The Kier molecular flexibility index (Phi) is 5.48. The summed E-state index contributed by atoms with van der Waals surface area (Å²) < 4.78 is 45.8. The average Bonchev–Trinajstić information content (AvgIpc) is 3.03. The van der Waals surface area contributed by atoms with E-state index in [1.165, 1.54) is 12.3 Å². The van der Waals surface area contributed by atoms with Crippen LogP contribution in [-0.2, 0) is 15.7 Å². The zero-order chi connectivity index (χ0) is 20.6. The van der Waals surface area contributed by atoms with Gasteiger partial charge in [-0.2, -0.15) is 13.2 Å². The molecular weight excluding hydrogens is 383 g/mol. The summed E-state index contributed by atoms with van der Waals surface area (Å²) in [5, 5.41) is 0. The van der Waals surface area contributed by atoms with Crippen LogP contribution in [0, 0.1) is 5.41 Å². The van der Waals surface area contributed by atoms with Crippen molar-refractivity contribution in [3.8, 4) is 0 Å². The van der Waals surface area contributed by atoms with Gasteiger partial charge in [0.25, 0.3) is 0 Å². The second kappa shape index (κ2) is 7.78. The van der Waals surface area contributed by atoms with Gasteiger partial charge in [0, 0.05) is 39.0 Å². The molecule has 29 heavy (non-hydrogen) atoms. The number of pyridine rings is 1. The Morgan fingerprint density at radius 3 is 2.62 bits per heavy atom. The molecule has 4 rings (SSSR count). The molecular formula is C21H28F3N3O2. The van der Waals surface area contributed by atoms with E-state index in [0.29, 0.717) is 32.5 Å². The first-order valence-corrected chi connectivity index (χ1v) is 10.4. The lowest BCUT2D eigenvalue weighted by atomic mass is 9.78. The van der Waals surface area contributed by atoms with Crippen molar-refractivity contribution in [3.05, 3.63) is 23.9 Å². The van der Waals surface area contributed by atoms with Gasteiger partial charge in [-0.1, -0.05) is 0 Å². The maximum atomic E-state index is 13.5. The highest BCUT2D eigenvalue weighted by atomic mass is 19.4. The van der Waals surface area contributed by atoms with E-state index in [1.54, 1.807) is 12.0 Å². The number of piperidine rings is 1. The molecule has 5 nitrogen and oxygen atoms in total. The van der Waals surface area contributed by atoms with Crippen molar-refractivity contribution >= 4 is 11.7 Å². The van der Waals surface area contributed by atoms with E-state index in [0.717, 1.165) is 38.2 Å². The molecule has 2 aliphatic heterocycles. The normalized spacial score (nSPS) is 31.0. The molecule has 0 aromatic carbocycles. The molecule has 3 aliphatic rings. The standard InChI is InChI=1S/C21H28F3N3O2/c1-29-16-7-5-15(6-8-16)27-13-10-20(19(27)28)9-3-12-26(14-20)18-17(21(22,23)24)4-2-11-25-18/h2,4,11,15-16H,3,5-10,12-14H2,1H3/t15-,16-,20?. The van der Waals surface area contributed by atoms with Crippen LogP contribution in [0.4, 0.5) is 19.0 Å². The van der Waals surface area contributed by atoms with Crippen LogP contribution in [0.25, 0.3) is 0 Å². The molecule has 160 valence electrons. The first-order chi connectivity index (χ1) is 13.8. The second-order valence-corrected chi connectivity index (χ2v) is 8.59. The molecule has 0 radical (unpaired) electrons. The van der Waals surface area contributed by atoms with Crippen molar-refractivity contribution in [2.24, 2.45) is 5.41 Å². The topological polar surface area (TPSA) is 45.7 Å². The van der Waals surface area contributed by atoms with Crippen molar-refractivity contribution in [1.82, 2.24) is 9.88 Å². The third-order valence-electron chi connectivity index (χ3n) is 6.93. The van der Waals surface area contributed by atoms with Crippen molar-refractivity contribution in [3.63, 3.8) is 0 Å². The monoisotopic (exact) mass is 411 g/mol. The highest BCUT2D eigenvalue weighted by Gasteiger charge is 2.51. The predicted molar refractivity (Wildman–Crippen MR) is 103 cm³/mol. The number of rotatable bonds is 3. The van der Waals surface area contributed by atoms with Gasteiger partial charge in [-0.05, 0) is 57.1 Å². The molecule has 1 unspecified atom stereocenters. The van der Waals surface area contributed by atoms with Crippen molar-refractivity contribution in [2.75, 3.05) is 31.6 Å². The van der Waals surface area contributed by atoms with E-state index in [4.69, 9.17) is 4.74 Å². The molecule has 2 saturated heterocycles. The van der Waals surface area contributed by atoms with Crippen LogP contribution in [0.5, 0.6) is 0 Å². The van der Waals surface area contributed by atoms with Crippen molar-refractivity contribution in [2.45, 2.75) is 63.3 Å². The van der Waals surface area contributed by atoms with Gasteiger partial charge in [0.05, 0.1) is 17.1 Å². The average molecular weight is 411 g/mol. The fraction of sp³-hybridized carbons (Fsp3) is 0.714. The largest absolute Gasteiger partial charge is 0.419 e. The van der Waals surface area contributed by atoms with Gasteiger partial charge in [0.2, 0.25) is 5.91 Å². The van der Waals surface area contributed by atoms with Crippen LogP contribution in [0.2, 0.25) is 0 Å². The van der Waals surface area contributed by atoms with Crippen LogP contribution in [0.3, 0.4) is 0 Å². The number of hydrogen-bond acceptors (Lipinski definition) is 4. The van der Waals surface area contributed by atoms with Gasteiger partial charge in [-0.15, -0.1) is 0 Å². The van der Waals surface area contributed by atoms with Crippen LogP contribution >= 0.6 is 0 Å². The van der Waals surface area contributed by atoms with Gasteiger partial charge in [0.15, 0.2) is 0 Å². The zero-order valence-corrected chi connectivity index (χ0v) is 16.7. The number of ether oxygens (including phenoxy) is 1. The molecule has 1 saturated carbocycles. The summed E-state index contributed by atoms with van der Waals surface area (Å²) in [7, 11) is 1.73.